The van der Waals surface area contributed by atoms with E-state index in [9.17, 15) is 0 Å². The van der Waals surface area contributed by atoms with Gasteiger partial charge in [-0.2, -0.15) is 0 Å². The molecule has 3 rings (SSSR count). The Morgan fingerprint density at radius 2 is 1.32 bits per heavy atom. The Balaban J connectivity index is 1.83. The Labute approximate surface area is 183 Å². The Morgan fingerprint density at radius 3 is 1.89 bits per heavy atom. The quantitative estimate of drug-likeness (QED) is 0.265. The van der Waals surface area contributed by atoms with Gasteiger partial charge in [0.05, 0.1) is 0 Å². The van der Waals surface area contributed by atoms with Gasteiger partial charge in [0.15, 0.2) is 0 Å². The third-order valence-corrected chi connectivity index (χ3v) is 26.5. The van der Waals surface area contributed by atoms with Gasteiger partial charge in [0.2, 0.25) is 0 Å². The zero-order valence-electron chi connectivity index (χ0n) is 17.8. The fourth-order valence-corrected chi connectivity index (χ4v) is 25.4. The van der Waals surface area contributed by atoms with Gasteiger partial charge in [0.25, 0.3) is 0 Å². The second-order valence-electron chi connectivity index (χ2n) is 8.03. The van der Waals surface area contributed by atoms with E-state index >= 15 is 0 Å². The third-order valence-electron chi connectivity index (χ3n) is 5.88. The molecule has 2 aromatic heterocycles. The summed E-state index contributed by atoms with van der Waals surface area (Å²) in [6, 6.07) is 9.39. The van der Waals surface area contributed by atoms with Crippen molar-refractivity contribution in [2.45, 2.75) is 78.9 Å². The first-order valence-electron chi connectivity index (χ1n) is 11.2. The summed E-state index contributed by atoms with van der Waals surface area (Å²) in [4.78, 5) is 4.04. The molecule has 1 aliphatic rings. The van der Waals surface area contributed by atoms with Gasteiger partial charge in [0.1, 0.15) is 0 Å². The fraction of sp³-hybridized carbons (Fsp3) is 0.652. The van der Waals surface area contributed by atoms with Gasteiger partial charge in [-0.05, 0) is 0 Å². The van der Waals surface area contributed by atoms with Crippen LogP contribution in [0.5, 0.6) is 0 Å². The molecule has 0 aromatic carbocycles. The maximum absolute atomic E-state index is 5.68. The molecule has 0 aliphatic carbocycles. The summed E-state index contributed by atoms with van der Waals surface area (Å²) in [5.74, 6) is 0. The second kappa shape index (κ2) is 11.5. The second-order valence-corrected chi connectivity index (χ2v) is 24.4. The van der Waals surface area contributed by atoms with Gasteiger partial charge in [-0.25, -0.2) is 0 Å². The van der Waals surface area contributed by atoms with Gasteiger partial charge in [-0.15, -0.1) is 0 Å². The van der Waals surface area contributed by atoms with Crippen molar-refractivity contribution in [3.63, 3.8) is 0 Å². The van der Waals surface area contributed by atoms with Gasteiger partial charge in [-0.1, -0.05) is 0 Å². The molecule has 0 unspecified atom stereocenters. The number of hydrogen-bond donors (Lipinski definition) is 0. The van der Waals surface area contributed by atoms with E-state index in [0.717, 1.165) is 0 Å². The van der Waals surface area contributed by atoms with Gasteiger partial charge in [0, 0.05) is 0 Å². The van der Waals surface area contributed by atoms with Crippen molar-refractivity contribution < 1.29 is 9.47 Å². The normalized spacial score (nSPS) is 15.5. The van der Waals surface area contributed by atoms with Crippen LogP contribution in [0.3, 0.4) is 0 Å². The molecule has 28 heavy (non-hydrogen) atoms. The molecular weight excluding hydrogens is 491 g/mol. The van der Waals surface area contributed by atoms with E-state index in [2.05, 4.69) is 56.4 Å². The summed E-state index contributed by atoms with van der Waals surface area (Å²) in [7, 11) is 0. The van der Waals surface area contributed by atoms with Crippen LogP contribution in [-0.4, -0.2) is 31.6 Å². The first-order valence-corrected chi connectivity index (χ1v) is 20.3. The van der Waals surface area contributed by atoms with E-state index < -0.39 is 18.4 Å². The van der Waals surface area contributed by atoms with Gasteiger partial charge < -0.3 is 0 Å². The standard InChI is InChI=1S/C11H9O2S2.3C4H9.Sn/c1-2-8(14-7-1)9-3-4-10(15-9)11-12-5-6-13-11;3*1-3-4-2;/h1-4,11H,5-6H2;3*1,3-4H2,2H3;. The molecule has 0 radical (unpaired) electrons. The van der Waals surface area contributed by atoms with Crippen LogP contribution < -0.4 is 2.89 Å². The van der Waals surface area contributed by atoms with Gasteiger partial charge >= 0.3 is 184 Å². The van der Waals surface area contributed by atoms with Crippen LogP contribution in [0, 0.1) is 0 Å². The van der Waals surface area contributed by atoms with Crippen molar-refractivity contribution in [1.82, 2.24) is 0 Å². The predicted octanol–water partition coefficient (Wildman–Crippen LogP) is 7.58. The zero-order valence-corrected chi connectivity index (χ0v) is 22.3. The molecule has 1 aliphatic heterocycles. The molecule has 0 bridgehead atoms. The van der Waals surface area contributed by atoms with E-state index in [1.54, 1.807) is 13.3 Å². The fourth-order valence-electron chi connectivity index (χ4n) is 4.18. The Kier molecular flexibility index (Phi) is 9.36. The molecule has 0 N–H and O–H groups in total. The van der Waals surface area contributed by atoms with Crippen molar-refractivity contribution in [3.05, 3.63) is 29.1 Å². The number of ether oxygens (including phenoxy) is 2. The molecule has 2 nitrogen and oxygen atoms in total. The molecule has 5 heteroatoms. The number of unbranched alkanes of at least 4 members (excludes halogenated alkanes) is 3. The van der Waals surface area contributed by atoms with Crippen molar-refractivity contribution in [1.29, 1.82) is 0 Å². The van der Waals surface area contributed by atoms with Crippen LogP contribution in [0.25, 0.3) is 9.75 Å². The minimum atomic E-state index is -2.30. The Bertz CT molecular complexity index is 681. The molecule has 3 heterocycles. The Morgan fingerprint density at radius 1 is 0.786 bits per heavy atom. The van der Waals surface area contributed by atoms with E-state index in [-0.39, 0.29) is 6.29 Å². The van der Waals surface area contributed by atoms with E-state index in [4.69, 9.17) is 9.47 Å². The van der Waals surface area contributed by atoms with E-state index in [1.165, 1.54) is 53.2 Å². The SMILES string of the molecule is CCC[CH2][Sn]([CH2]CCC)([CH2]CCC)[c]1ccc(-c2ccc(C3OCCO3)s2)s1. The molecule has 156 valence electrons. The summed E-state index contributed by atoms with van der Waals surface area (Å²) in [5, 5.41) is 0. The summed E-state index contributed by atoms with van der Waals surface area (Å²) in [6.45, 7) is 8.50. The first kappa shape index (κ1) is 22.8. The maximum atomic E-state index is 5.68. The van der Waals surface area contributed by atoms with Crippen molar-refractivity contribution in [3.8, 4) is 9.75 Å². The van der Waals surface area contributed by atoms with Crippen molar-refractivity contribution in [2.24, 2.45) is 0 Å². The monoisotopic (exact) mass is 528 g/mol. The molecule has 2 aromatic rings. The molecule has 1 saturated heterocycles. The summed E-state index contributed by atoms with van der Waals surface area (Å²) < 4.78 is 17.8. The Hall–Kier alpha value is 0.119. The summed E-state index contributed by atoms with van der Waals surface area (Å²) in [6.07, 6.45) is 8.15. The molecule has 0 amide bonds. The average Bonchev–Trinajstić information content (AvgIpc) is 3.48. The first-order chi connectivity index (χ1) is 13.7. The number of thiophene rings is 2. The van der Waals surface area contributed by atoms with Gasteiger partial charge in [-0.3, -0.25) is 0 Å². The van der Waals surface area contributed by atoms with Crippen LogP contribution in [0.2, 0.25) is 13.3 Å². The van der Waals surface area contributed by atoms with Crippen LogP contribution in [0.4, 0.5) is 0 Å². The van der Waals surface area contributed by atoms with Crippen molar-refractivity contribution in [2.75, 3.05) is 13.2 Å². The third kappa shape index (κ3) is 5.63. The summed E-state index contributed by atoms with van der Waals surface area (Å²) in [5.41, 5.74) is 0. The van der Waals surface area contributed by atoms with Crippen molar-refractivity contribution >= 4 is 43.9 Å². The van der Waals surface area contributed by atoms with E-state index in [0.29, 0.717) is 13.2 Å². The topological polar surface area (TPSA) is 18.5 Å². The molecule has 1 fully saturated rings. The molecule has 0 saturated carbocycles. The zero-order chi connectivity index (χ0) is 19.8. The van der Waals surface area contributed by atoms with Crippen LogP contribution in [0.15, 0.2) is 24.3 Å². The van der Waals surface area contributed by atoms with E-state index in [1.807, 2.05) is 14.2 Å². The molecular formula is C23H36O2S2Sn. The molecule has 0 spiro atoms. The average molecular weight is 527 g/mol. The molecule has 0 atom stereocenters. The number of rotatable bonds is 12. The van der Waals surface area contributed by atoms with Crippen LogP contribution >= 0.6 is 22.7 Å². The summed E-state index contributed by atoms with van der Waals surface area (Å²) >= 11 is 1.67. The van der Waals surface area contributed by atoms with Crippen LogP contribution in [0.1, 0.15) is 70.5 Å². The van der Waals surface area contributed by atoms with Crippen LogP contribution in [-0.2, 0) is 9.47 Å². The number of hydrogen-bond acceptors (Lipinski definition) is 4. The predicted molar refractivity (Wildman–Crippen MR) is 127 cm³/mol. The minimum absolute atomic E-state index is 0.143.